The summed E-state index contributed by atoms with van der Waals surface area (Å²) < 4.78 is 5.62. The van der Waals surface area contributed by atoms with Gasteiger partial charge in [0.05, 0.1) is 12.3 Å². The van der Waals surface area contributed by atoms with Crippen molar-refractivity contribution in [2.24, 2.45) is 5.92 Å². The predicted molar refractivity (Wildman–Crippen MR) is 119 cm³/mol. The number of anilines is 2. The third-order valence-electron chi connectivity index (χ3n) is 5.06. The van der Waals surface area contributed by atoms with Crippen LogP contribution in [0, 0.1) is 5.92 Å². The van der Waals surface area contributed by atoms with Crippen molar-refractivity contribution in [2.45, 2.75) is 26.2 Å². The Hall–Kier alpha value is -3.00. The van der Waals surface area contributed by atoms with Crippen LogP contribution in [0.5, 0.6) is 5.75 Å². The maximum absolute atomic E-state index is 12.7. The summed E-state index contributed by atoms with van der Waals surface area (Å²) in [6, 6.07) is 9.69. The molecule has 1 aromatic carbocycles. The third kappa shape index (κ3) is 4.94. The zero-order valence-corrected chi connectivity index (χ0v) is 17.8. The van der Waals surface area contributed by atoms with Gasteiger partial charge in [0.1, 0.15) is 5.75 Å². The van der Waals surface area contributed by atoms with Crippen molar-refractivity contribution < 1.29 is 9.53 Å². The average molecular weight is 424 g/mol. The Bertz CT molecular complexity index is 953. The summed E-state index contributed by atoms with van der Waals surface area (Å²) in [5, 5.41) is 5.59. The molecular formula is C22H25N5O2S. The predicted octanol–water partition coefficient (Wildman–Crippen LogP) is 4.24. The second-order valence-corrected chi connectivity index (χ2v) is 8.07. The van der Waals surface area contributed by atoms with Crippen molar-refractivity contribution >= 4 is 28.3 Å². The first-order valence-electron chi connectivity index (χ1n) is 10.2. The van der Waals surface area contributed by atoms with Gasteiger partial charge in [-0.25, -0.2) is 15.0 Å². The van der Waals surface area contributed by atoms with E-state index in [1.54, 1.807) is 18.5 Å². The minimum Gasteiger partial charge on any atom is -0.494 e. The molecule has 7 nitrogen and oxygen atoms in total. The first-order chi connectivity index (χ1) is 14.7. The highest BCUT2D eigenvalue weighted by Gasteiger charge is 2.26. The van der Waals surface area contributed by atoms with E-state index >= 15 is 0 Å². The second kappa shape index (κ2) is 9.67. The summed E-state index contributed by atoms with van der Waals surface area (Å²) >= 11 is 1.45. The maximum atomic E-state index is 12.7. The van der Waals surface area contributed by atoms with E-state index in [4.69, 9.17) is 4.74 Å². The Morgan fingerprint density at radius 3 is 2.63 bits per heavy atom. The van der Waals surface area contributed by atoms with E-state index < -0.39 is 0 Å². The van der Waals surface area contributed by atoms with Gasteiger partial charge in [-0.2, -0.15) is 0 Å². The number of aromatic nitrogens is 3. The number of nitrogens with one attached hydrogen (secondary N) is 1. The highest BCUT2D eigenvalue weighted by Crippen LogP contribution is 2.28. The number of hydrogen-bond donors (Lipinski definition) is 1. The molecule has 1 N–H and O–H groups in total. The van der Waals surface area contributed by atoms with Gasteiger partial charge in [0.15, 0.2) is 5.13 Å². The van der Waals surface area contributed by atoms with Crippen LogP contribution in [0.4, 0.5) is 11.1 Å². The SMILES string of the molecule is CCCOc1ccc(-c2csc(NC(=O)C3CCN(c4ncccn4)CC3)n2)cc1. The van der Waals surface area contributed by atoms with Gasteiger partial charge in [-0.15, -0.1) is 11.3 Å². The molecule has 3 heterocycles. The number of piperidine rings is 1. The van der Waals surface area contributed by atoms with Crippen LogP contribution < -0.4 is 15.0 Å². The highest BCUT2D eigenvalue weighted by molar-refractivity contribution is 7.14. The summed E-state index contributed by atoms with van der Waals surface area (Å²) in [4.78, 5) is 28.0. The first kappa shape index (κ1) is 20.3. The van der Waals surface area contributed by atoms with E-state index in [1.165, 1.54) is 11.3 Å². The molecule has 1 fully saturated rings. The van der Waals surface area contributed by atoms with Crippen molar-refractivity contribution in [3.8, 4) is 17.0 Å². The Morgan fingerprint density at radius 2 is 1.93 bits per heavy atom. The van der Waals surface area contributed by atoms with Crippen LogP contribution in [-0.2, 0) is 4.79 Å². The van der Waals surface area contributed by atoms with Gasteiger partial charge >= 0.3 is 0 Å². The number of benzene rings is 1. The van der Waals surface area contributed by atoms with E-state index in [1.807, 2.05) is 29.6 Å². The van der Waals surface area contributed by atoms with Crippen LogP contribution in [0.2, 0.25) is 0 Å². The van der Waals surface area contributed by atoms with E-state index in [0.717, 1.165) is 55.3 Å². The summed E-state index contributed by atoms with van der Waals surface area (Å²) in [6.07, 6.45) is 6.03. The normalized spacial score (nSPS) is 14.5. The lowest BCUT2D eigenvalue weighted by Crippen LogP contribution is -2.38. The Kier molecular flexibility index (Phi) is 6.53. The lowest BCUT2D eigenvalue weighted by Gasteiger charge is -2.30. The molecule has 1 saturated heterocycles. The quantitative estimate of drug-likeness (QED) is 0.612. The number of rotatable bonds is 7. The molecule has 30 heavy (non-hydrogen) atoms. The van der Waals surface area contributed by atoms with Crippen LogP contribution in [0.25, 0.3) is 11.3 Å². The summed E-state index contributed by atoms with van der Waals surface area (Å²) in [5.41, 5.74) is 1.86. The Morgan fingerprint density at radius 1 is 1.20 bits per heavy atom. The lowest BCUT2D eigenvalue weighted by atomic mass is 9.96. The molecule has 0 saturated carbocycles. The fourth-order valence-corrected chi connectivity index (χ4v) is 4.13. The van der Waals surface area contributed by atoms with Crippen molar-refractivity contribution in [3.63, 3.8) is 0 Å². The fraction of sp³-hybridized carbons (Fsp3) is 0.364. The first-order valence-corrected chi connectivity index (χ1v) is 11.1. The summed E-state index contributed by atoms with van der Waals surface area (Å²) in [5.74, 6) is 1.60. The molecule has 1 aliphatic heterocycles. The molecule has 0 unspecified atom stereocenters. The number of nitrogens with zero attached hydrogens (tertiary/aromatic N) is 4. The van der Waals surface area contributed by atoms with Gasteiger partial charge in [0.2, 0.25) is 11.9 Å². The number of amides is 1. The third-order valence-corrected chi connectivity index (χ3v) is 5.82. The molecule has 156 valence electrons. The Balaban J connectivity index is 1.31. The number of hydrogen-bond acceptors (Lipinski definition) is 7. The maximum Gasteiger partial charge on any atom is 0.229 e. The van der Waals surface area contributed by atoms with Crippen LogP contribution in [0.3, 0.4) is 0 Å². The zero-order chi connectivity index (χ0) is 20.8. The van der Waals surface area contributed by atoms with Crippen LogP contribution in [-0.4, -0.2) is 40.6 Å². The fourth-order valence-electron chi connectivity index (χ4n) is 3.41. The topological polar surface area (TPSA) is 80.2 Å². The largest absolute Gasteiger partial charge is 0.494 e. The van der Waals surface area contributed by atoms with Gasteiger partial charge in [-0.3, -0.25) is 4.79 Å². The monoisotopic (exact) mass is 423 g/mol. The van der Waals surface area contributed by atoms with Crippen molar-refractivity contribution in [3.05, 3.63) is 48.1 Å². The smallest absolute Gasteiger partial charge is 0.229 e. The molecule has 0 bridgehead atoms. The molecule has 0 radical (unpaired) electrons. The molecule has 1 aliphatic rings. The summed E-state index contributed by atoms with van der Waals surface area (Å²) in [7, 11) is 0. The van der Waals surface area contributed by atoms with E-state index in [-0.39, 0.29) is 11.8 Å². The van der Waals surface area contributed by atoms with Crippen molar-refractivity contribution in [1.82, 2.24) is 15.0 Å². The van der Waals surface area contributed by atoms with Gasteiger partial charge in [0, 0.05) is 42.3 Å². The molecular weight excluding hydrogens is 398 g/mol. The van der Waals surface area contributed by atoms with Crippen molar-refractivity contribution in [2.75, 3.05) is 29.9 Å². The van der Waals surface area contributed by atoms with E-state index in [0.29, 0.717) is 11.7 Å². The van der Waals surface area contributed by atoms with E-state index in [9.17, 15) is 4.79 Å². The minimum atomic E-state index is -0.0210. The van der Waals surface area contributed by atoms with Gasteiger partial charge < -0.3 is 15.0 Å². The molecule has 1 amide bonds. The molecule has 8 heteroatoms. The average Bonchev–Trinajstić information content (AvgIpc) is 3.27. The second-order valence-electron chi connectivity index (χ2n) is 7.21. The standard InChI is InChI=1S/C22H25N5O2S/c1-2-14-29-18-6-4-16(5-7-18)19-15-30-22(25-19)26-20(28)17-8-12-27(13-9-17)21-23-10-3-11-24-21/h3-7,10-11,15,17H,2,8-9,12-14H2,1H3,(H,25,26,28). The van der Waals surface area contributed by atoms with Crippen molar-refractivity contribution in [1.29, 1.82) is 0 Å². The molecule has 4 rings (SSSR count). The van der Waals surface area contributed by atoms with Crippen LogP contribution in [0.1, 0.15) is 26.2 Å². The number of carbonyl (C=O) groups excluding carboxylic acids is 1. The number of thiazole rings is 1. The molecule has 3 aromatic rings. The van der Waals surface area contributed by atoms with Gasteiger partial charge in [-0.05, 0) is 49.6 Å². The molecule has 0 spiro atoms. The number of carbonyl (C=O) groups is 1. The molecule has 2 aromatic heterocycles. The minimum absolute atomic E-state index is 0.0210. The van der Waals surface area contributed by atoms with Crippen LogP contribution >= 0.6 is 11.3 Å². The summed E-state index contributed by atoms with van der Waals surface area (Å²) in [6.45, 7) is 4.35. The molecule has 0 atom stereocenters. The zero-order valence-electron chi connectivity index (χ0n) is 17.0. The Labute approximate surface area is 180 Å². The number of ether oxygens (including phenoxy) is 1. The van der Waals surface area contributed by atoms with E-state index in [2.05, 4.69) is 32.1 Å². The van der Waals surface area contributed by atoms with Gasteiger partial charge in [0.25, 0.3) is 0 Å². The van der Waals surface area contributed by atoms with Crippen LogP contribution in [0.15, 0.2) is 48.1 Å². The molecule has 0 aliphatic carbocycles. The lowest BCUT2D eigenvalue weighted by molar-refractivity contribution is -0.120. The highest BCUT2D eigenvalue weighted by atomic mass is 32.1. The van der Waals surface area contributed by atoms with Gasteiger partial charge in [-0.1, -0.05) is 6.92 Å².